The molecule has 0 heteroatoms. The van der Waals surface area contributed by atoms with Gasteiger partial charge in [-0.2, -0.15) is 0 Å². The van der Waals surface area contributed by atoms with E-state index in [2.05, 4.69) is 291 Å². The normalized spacial score (nSPS) is 16.0. The average Bonchev–Trinajstić information content (AvgIpc) is 3.38. The lowest BCUT2D eigenvalue weighted by molar-refractivity contribution is 0.0754. The minimum absolute atomic E-state index is 0.542. The maximum Gasteiger partial charge on any atom is -0.0347 e. The Morgan fingerprint density at radius 1 is 0.373 bits per heavy atom. The molecule has 0 bridgehead atoms. The van der Waals surface area contributed by atoms with E-state index in [4.69, 9.17) is 0 Å². The zero-order valence-electron chi connectivity index (χ0n) is 69.0. The Bertz CT molecular complexity index is 1030. The Morgan fingerprint density at radius 3 is 0.723 bits per heavy atom. The Morgan fingerprint density at radius 2 is 0.627 bits per heavy atom. The third-order valence-electron chi connectivity index (χ3n) is 17.2. The molecule has 3 rings (SSSR count). The van der Waals surface area contributed by atoms with E-state index in [1.54, 1.807) is 0 Å². The van der Waals surface area contributed by atoms with Gasteiger partial charge in [-0.1, -0.05) is 414 Å². The number of hydrogen-bond acceptors (Lipinski definition) is 0. The second-order valence-electron chi connectivity index (χ2n) is 33.7. The number of hydrogen-bond donors (Lipinski definition) is 0. The van der Waals surface area contributed by atoms with Crippen LogP contribution < -0.4 is 0 Å². The maximum atomic E-state index is 2.41. The standard InChI is InChI=1S/C11H22.C9H18.C8H18.C7H14.C7H16.3C6H14.2C5H12.2C4H10.C3H8.C2H6/c1-9-6-10(2,3)8-11(4,5)7-9;1-8-4-6-9(2,3)7-5-8;1-6(2)8(5)7(3)4;1-7-5-3-2-4-6-7;1-5-7(3,4)6-2;1-5-6(2,3)4;1-5(2)6(3)4;1-4-6(3)5-2;2*1-4-5(2)3;1-4(2)3;1-3-4-2;1-3-2;1-2/h9H,6-8H2,1-5H3;8H,4-7H2,1-3H3;6-8H,1-5H3;7H,2-6H2,1H3;5-6H2,1-4H3;5H2,1-4H3;5-6H,1-4H3;6H,4-5H2,1-3H3;2*5H,4H2,1-3H3;4H,1-3H3;3-4H2,1-2H3;3H2,1-2H3;1-2H3. The summed E-state index contributed by atoms with van der Waals surface area (Å²) in [6, 6.07) is 0. The third kappa shape index (κ3) is 120. The van der Waals surface area contributed by atoms with Crippen LogP contribution in [0.2, 0.25) is 0 Å². The molecule has 3 saturated carbocycles. The zero-order valence-corrected chi connectivity index (χ0v) is 69.0. The van der Waals surface area contributed by atoms with Gasteiger partial charge in [-0.15, -0.1) is 0 Å². The van der Waals surface area contributed by atoms with Crippen LogP contribution >= 0.6 is 0 Å². The van der Waals surface area contributed by atoms with Crippen molar-refractivity contribution >= 4 is 0 Å². The van der Waals surface area contributed by atoms with E-state index in [9.17, 15) is 0 Å². The van der Waals surface area contributed by atoms with Crippen molar-refractivity contribution in [3.63, 3.8) is 0 Å². The van der Waals surface area contributed by atoms with E-state index in [1.807, 2.05) is 13.8 Å². The molecule has 0 aromatic rings. The van der Waals surface area contributed by atoms with Crippen LogP contribution in [0.25, 0.3) is 0 Å². The largest absolute Gasteiger partial charge is 0.0683 e. The van der Waals surface area contributed by atoms with Gasteiger partial charge in [0.05, 0.1) is 0 Å². The third-order valence-corrected chi connectivity index (χ3v) is 17.2. The van der Waals surface area contributed by atoms with Crippen molar-refractivity contribution in [3.8, 4) is 0 Å². The van der Waals surface area contributed by atoms with Crippen LogP contribution in [-0.4, -0.2) is 0 Å². The molecular weight excluding hydrogens is 997 g/mol. The van der Waals surface area contributed by atoms with Crippen molar-refractivity contribution in [1.29, 1.82) is 0 Å². The molecule has 0 nitrogen and oxygen atoms in total. The highest BCUT2D eigenvalue weighted by Gasteiger charge is 2.36. The van der Waals surface area contributed by atoms with Gasteiger partial charge in [0.25, 0.3) is 0 Å². The molecule has 0 atom stereocenters. The second kappa shape index (κ2) is 69.5. The molecule has 0 amide bonds. The fourth-order valence-corrected chi connectivity index (χ4v) is 7.56. The summed E-state index contributed by atoms with van der Waals surface area (Å²) in [5.41, 5.74) is 2.95. The van der Waals surface area contributed by atoms with Crippen LogP contribution in [0.3, 0.4) is 0 Å². The van der Waals surface area contributed by atoms with E-state index >= 15 is 0 Å². The number of rotatable bonds is 10. The highest BCUT2D eigenvalue weighted by Crippen LogP contribution is 2.48. The summed E-state index contributed by atoms with van der Waals surface area (Å²) in [7, 11) is 0. The van der Waals surface area contributed by atoms with E-state index in [0.29, 0.717) is 27.1 Å². The minimum atomic E-state index is 0.542. The first-order chi connectivity index (χ1) is 37.6. The van der Waals surface area contributed by atoms with Gasteiger partial charge in [0.2, 0.25) is 0 Å². The Balaban J connectivity index is -0.0000000760. The summed E-state index contributed by atoms with van der Waals surface area (Å²) < 4.78 is 0. The van der Waals surface area contributed by atoms with Crippen molar-refractivity contribution in [2.75, 3.05) is 0 Å². The van der Waals surface area contributed by atoms with Crippen LogP contribution in [0.5, 0.6) is 0 Å². The van der Waals surface area contributed by atoms with Crippen molar-refractivity contribution in [3.05, 3.63) is 0 Å². The lowest BCUT2D eigenvalue weighted by atomic mass is 9.62. The molecule has 0 heterocycles. The van der Waals surface area contributed by atoms with Crippen molar-refractivity contribution < 1.29 is 0 Å². The van der Waals surface area contributed by atoms with Gasteiger partial charge in [0.15, 0.2) is 0 Å². The smallest absolute Gasteiger partial charge is 0.0347 e. The van der Waals surface area contributed by atoms with Crippen molar-refractivity contribution in [1.82, 2.24) is 0 Å². The first-order valence-corrected chi connectivity index (χ1v) is 37.6. The van der Waals surface area contributed by atoms with Gasteiger partial charge < -0.3 is 0 Å². The van der Waals surface area contributed by atoms with E-state index in [1.165, 1.54) is 141 Å². The average molecular weight is 1190 g/mol. The highest BCUT2D eigenvalue weighted by molar-refractivity contribution is 4.87. The predicted molar refractivity (Wildman–Crippen MR) is 405 cm³/mol. The molecule has 0 spiro atoms. The molecule has 83 heavy (non-hydrogen) atoms. The summed E-state index contributed by atoms with van der Waals surface area (Å²) >= 11 is 0. The molecule has 0 aromatic carbocycles. The van der Waals surface area contributed by atoms with Crippen LogP contribution in [0.4, 0.5) is 0 Å². The predicted octanol–water partition coefficient (Wildman–Crippen LogP) is 32.6. The van der Waals surface area contributed by atoms with Crippen LogP contribution in [0.1, 0.15) is 446 Å². The maximum absolute atomic E-state index is 2.41. The molecule has 0 saturated heterocycles. The molecule has 0 aromatic heterocycles. The molecule has 3 aliphatic rings. The summed E-state index contributed by atoms with van der Waals surface area (Å²) in [5, 5.41) is 0. The van der Waals surface area contributed by atoms with Crippen molar-refractivity contribution in [2.45, 2.75) is 446 Å². The SMILES string of the molecule is CC.CC(C)C.CC(C)C(C)C.CC(C)C(C)C(C)C.CC1CC(C)(C)CC(C)(C)C1.CC1CCC(C)(C)CC1.CC1CCCCC1.CCC.CCC(C)(C)C.CCC(C)(C)CC.CCC(C)C.CCC(C)C.CCC(C)CC.CCCC. The molecule has 520 valence electrons. The Hall–Kier alpha value is 0. The van der Waals surface area contributed by atoms with Gasteiger partial charge in [-0.3, -0.25) is 0 Å². The summed E-state index contributed by atoms with van der Waals surface area (Å²) in [6.45, 7) is 99.1. The summed E-state index contributed by atoms with van der Waals surface area (Å²) in [6.07, 6.45) is 30.5. The molecule has 3 fully saturated rings. The van der Waals surface area contributed by atoms with Gasteiger partial charge in [0.1, 0.15) is 0 Å². The topological polar surface area (TPSA) is 0 Å². The zero-order chi connectivity index (χ0) is 69.0. The fraction of sp³-hybridized carbons (Fsp3) is 1.00. The van der Waals surface area contributed by atoms with Gasteiger partial charge in [-0.05, 0) is 130 Å². The fourth-order valence-electron chi connectivity index (χ4n) is 7.56. The molecular formula is C83H188. The summed E-state index contributed by atoms with van der Waals surface area (Å²) in [5.74, 6) is 10.8. The van der Waals surface area contributed by atoms with E-state index < -0.39 is 0 Å². The highest BCUT2D eigenvalue weighted by atomic mass is 14.4. The molecule has 3 aliphatic carbocycles. The van der Waals surface area contributed by atoms with E-state index in [-0.39, 0.29) is 0 Å². The lowest BCUT2D eigenvalue weighted by Gasteiger charge is -2.44. The first kappa shape index (κ1) is 108. The van der Waals surface area contributed by atoms with Gasteiger partial charge in [0, 0.05) is 0 Å². The van der Waals surface area contributed by atoms with Crippen LogP contribution in [-0.2, 0) is 0 Å². The monoisotopic (exact) mass is 1190 g/mol. The Kier molecular flexibility index (Phi) is 90.1. The van der Waals surface area contributed by atoms with Crippen LogP contribution in [0, 0.1) is 98.1 Å². The lowest BCUT2D eigenvalue weighted by Crippen LogP contribution is -2.32. The minimum Gasteiger partial charge on any atom is -0.0683 e. The van der Waals surface area contributed by atoms with Crippen molar-refractivity contribution in [2.24, 2.45) is 98.1 Å². The van der Waals surface area contributed by atoms with Gasteiger partial charge >= 0.3 is 0 Å². The van der Waals surface area contributed by atoms with E-state index in [0.717, 1.165) is 71.0 Å². The van der Waals surface area contributed by atoms with Gasteiger partial charge in [-0.25, -0.2) is 0 Å². The molecule has 0 unspecified atom stereocenters. The Labute approximate surface area is 541 Å². The molecule has 0 aliphatic heterocycles. The molecule has 0 radical (unpaired) electrons. The quantitative estimate of drug-likeness (QED) is 0.205. The summed E-state index contributed by atoms with van der Waals surface area (Å²) in [4.78, 5) is 0. The van der Waals surface area contributed by atoms with Crippen LogP contribution in [0.15, 0.2) is 0 Å². The first-order valence-electron chi connectivity index (χ1n) is 37.6. The second-order valence-corrected chi connectivity index (χ2v) is 33.7. The number of unbranched alkanes of at least 4 members (excludes halogenated alkanes) is 1. The molecule has 0 N–H and O–H groups in total.